The third-order valence-corrected chi connectivity index (χ3v) is 10.1. The normalized spacial score (nSPS) is 45.6. The van der Waals surface area contributed by atoms with Crippen LogP contribution >= 0.6 is 0 Å². The van der Waals surface area contributed by atoms with E-state index >= 15 is 0 Å². The monoisotopic (exact) mass is 474 g/mol. The number of carbonyl (C=O) groups is 2. The van der Waals surface area contributed by atoms with Crippen molar-refractivity contribution in [2.24, 2.45) is 35.5 Å². The molecule has 5 rings (SSSR count). The minimum absolute atomic E-state index is 0.0475. The average Bonchev–Trinajstić information content (AvgIpc) is 3.37. The molecular weight excluding hydrogens is 428 g/mol. The molecule has 0 aromatic heterocycles. The predicted octanol–water partition coefficient (Wildman–Crippen LogP) is 2.50. The van der Waals surface area contributed by atoms with Crippen molar-refractivity contribution in [1.82, 2.24) is 20.9 Å². The summed E-state index contributed by atoms with van der Waals surface area (Å²) in [6, 6.07) is 1.12. The molecule has 34 heavy (non-hydrogen) atoms. The van der Waals surface area contributed by atoms with Gasteiger partial charge in [-0.15, -0.1) is 0 Å². The second-order valence-corrected chi connectivity index (χ2v) is 12.3. The fraction of sp³-hybridized carbons (Fsp3) is 0.926. The van der Waals surface area contributed by atoms with Gasteiger partial charge in [0.2, 0.25) is 11.8 Å². The molecule has 10 unspecified atom stereocenters. The Balaban J connectivity index is 1.19. The lowest BCUT2D eigenvalue weighted by Crippen LogP contribution is -2.60. The predicted molar refractivity (Wildman–Crippen MR) is 132 cm³/mol. The molecule has 7 heteroatoms. The fourth-order valence-electron chi connectivity index (χ4n) is 7.95. The lowest BCUT2D eigenvalue weighted by atomic mass is 9.64. The lowest BCUT2D eigenvalue weighted by Gasteiger charge is -2.50. The number of hydrogen-bond acceptors (Lipinski definition) is 5. The van der Waals surface area contributed by atoms with Crippen molar-refractivity contribution < 1.29 is 14.3 Å². The van der Waals surface area contributed by atoms with Gasteiger partial charge in [0.1, 0.15) is 0 Å². The van der Waals surface area contributed by atoms with Crippen molar-refractivity contribution >= 4 is 11.8 Å². The van der Waals surface area contributed by atoms with Crippen LogP contribution in [-0.2, 0) is 14.3 Å². The summed E-state index contributed by atoms with van der Waals surface area (Å²) in [4.78, 5) is 28.9. The largest absolute Gasteiger partial charge is 0.361 e. The van der Waals surface area contributed by atoms with Gasteiger partial charge < -0.3 is 20.3 Å². The number of hydrogen-bond donors (Lipinski definition) is 3. The number of fused-ring (bicyclic) bond motifs is 1. The molecule has 0 aromatic carbocycles. The first-order valence-electron chi connectivity index (χ1n) is 14.0. The van der Waals surface area contributed by atoms with Crippen LogP contribution in [-0.4, -0.2) is 67.8 Å². The zero-order chi connectivity index (χ0) is 23.8. The maximum atomic E-state index is 13.5. The van der Waals surface area contributed by atoms with Gasteiger partial charge in [0.25, 0.3) is 0 Å². The second-order valence-electron chi connectivity index (χ2n) is 12.3. The highest BCUT2D eigenvalue weighted by Crippen LogP contribution is 2.45. The molecule has 3 aliphatic heterocycles. The molecule has 3 heterocycles. The number of piperidine rings is 2. The van der Waals surface area contributed by atoms with Crippen molar-refractivity contribution in [2.45, 2.75) is 95.9 Å². The highest BCUT2D eigenvalue weighted by atomic mass is 16.5. The zero-order valence-electron chi connectivity index (χ0n) is 21.4. The van der Waals surface area contributed by atoms with Gasteiger partial charge in [-0.05, 0) is 82.0 Å². The Morgan fingerprint density at radius 3 is 2.68 bits per heavy atom. The fourth-order valence-corrected chi connectivity index (χ4v) is 7.95. The molecule has 5 fully saturated rings. The first-order chi connectivity index (χ1) is 16.4. The highest BCUT2D eigenvalue weighted by Gasteiger charge is 2.47. The van der Waals surface area contributed by atoms with E-state index in [0.717, 1.165) is 64.5 Å². The van der Waals surface area contributed by atoms with E-state index in [1.165, 1.54) is 6.42 Å². The summed E-state index contributed by atoms with van der Waals surface area (Å²) in [7, 11) is 2.02. The van der Waals surface area contributed by atoms with E-state index < -0.39 is 0 Å². The van der Waals surface area contributed by atoms with Crippen LogP contribution in [0.1, 0.15) is 71.6 Å². The molecule has 2 aliphatic carbocycles. The standard InChI is InChI=1S/C27H46N4O3/c1-16-7-8-19(26(32)30-21-6-4-5-18(10-21)25-14-28-15-34-25)11-22(16)23-12-20-13-29-17(2)9-24(20)31(3)27(23)33/h16-25,28-29H,4-15H2,1-3H3,(H,30,32). The summed E-state index contributed by atoms with van der Waals surface area (Å²) in [5, 5.41) is 10.4. The van der Waals surface area contributed by atoms with E-state index in [9.17, 15) is 9.59 Å². The first-order valence-corrected chi connectivity index (χ1v) is 14.0. The van der Waals surface area contributed by atoms with Crippen molar-refractivity contribution in [1.29, 1.82) is 0 Å². The molecule has 0 bridgehead atoms. The topological polar surface area (TPSA) is 82.7 Å². The van der Waals surface area contributed by atoms with E-state index in [1.54, 1.807) is 0 Å². The third-order valence-electron chi connectivity index (χ3n) is 10.1. The minimum atomic E-state index is 0.0475. The van der Waals surface area contributed by atoms with Crippen LogP contribution in [0.2, 0.25) is 0 Å². The summed E-state index contributed by atoms with van der Waals surface area (Å²) in [6.45, 7) is 7.13. The van der Waals surface area contributed by atoms with Crippen LogP contribution in [0.4, 0.5) is 0 Å². The van der Waals surface area contributed by atoms with Crippen molar-refractivity contribution in [3.05, 3.63) is 0 Å². The maximum Gasteiger partial charge on any atom is 0.225 e. The highest BCUT2D eigenvalue weighted by molar-refractivity contribution is 5.81. The summed E-state index contributed by atoms with van der Waals surface area (Å²) in [6.07, 6.45) is 9.68. The smallest absolute Gasteiger partial charge is 0.225 e. The molecule has 0 aromatic rings. The molecule has 0 radical (unpaired) electrons. The van der Waals surface area contributed by atoms with Crippen LogP contribution in [0.3, 0.4) is 0 Å². The van der Waals surface area contributed by atoms with E-state index in [2.05, 4.69) is 34.7 Å². The van der Waals surface area contributed by atoms with Gasteiger partial charge in [0.15, 0.2) is 0 Å². The van der Waals surface area contributed by atoms with Crippen molar-refractivity contribution in [2.75, 3.05) is 26.9 Å². The Labute approximate surface area is 205 Å². The Kier molecular flexibility index (Phi) is 7.52. The average molecular weight is 475 g/mol. The van der Waals surface area contributed by atoms with E-state index in [1.807, 2.05) is 7.05 Å². The number of amides is 2. The lowest BCUT2D eigenvalue weighted by molar-refractivity contribution is -0.149. The van der Waals surface area contributed by atoms with Crippen molar-refractivity contribution in [3.8, 4) is 0 Å². The van der Waals surface area contributed by atoms with Gasteiger partial charge in [-0.2, -0.15) is 0 Å². The molecule has 2 amide bonds. The molecule has 192 valence electrons. The molecule has 3 N–H and O–H groups in total. The van der Waals surface area contributed by atoms with E-state index in [-0.39, 0.29) is 23.8 Å². The number of nitrogens with zero attached hydrogens (tertiary/aromatic N) is 1. The quantitative estimate of drug-likeness (QED) is 0.583. The van der Waals surface area contributed by atoms with Gasteiger partial charge in [0.05, 0.1) is 12.8 Å². The molecule has 10 atom stereocenters. The number of nitrogens with one attached hydrogen (secondary N) is 3. The SMILES string of the molecule is CC1CC2C(CN1)CC(C1CC(C(=O)NC3CCCC(C4CNCO4)C3)CCC1C)C(=O)N2C. The summed E-state index contributed by atoms with van der Waals surface area (Å²) < 4.78 is 5.85. The second kappa shape index (κ2) is 10.4. The summed E-state index contributed by atoms with van der Waals surface area (Å²) in [5.74, 6) is 2.58. The Hall–Kier alpha value is -1.18. The molecule has 3 saturated heterocycles. The van der Waals surface area contributed by atoms with Gasteiger partial charge in [-0.3, -0.25) is 14.9 Å². The molecule has 2 saturated carbocycles. The van der Waals surface area contributed by atoms with Crippen LogP contribution in [0.25, 0.3) is 0 Å². The molecular formula is C27H46N4O3. The van der Waals surface area contributed by atoms with E-state index in [4.69, 9.17) is 4.74 Å². The van der Waals surface area contributed by atoms with Crippen LogP contribution in [0.5, 0.6) is 0 Å². The summed E-state index contributed by atoms with van der Waals surface area (Å²) >= 11 is 0. The Morgan fingerprint density at radius 2 is 1.88 bits per heavy atom. The Bertz CT molecular complexity index is 741. The number of likely N-dealkylation sites (tertiary alicyclic amines) is 1. The summed E-state index contributed by atoms with van der Waals surface area (Å²) in [5.41, 5.74) is 0. The van der Waals surface area contributed by atoms with Gasteiger partial charge >= 0.3 is 0 Å². The molecule has 0 spiro atoms. The zero-order valence-corrected chi connectivity index (χ0v) is 21.4. The van der Waals surface area contributed by atoms with Gasteiger partial charge in [-0.25, -0.2) is 0 Å². The van der Waals surface area contributed by atoms with Gasteiger partial charge in [-0.1, -0.05) is 13.3 Å². The van der Waals surface area contributed by atoms with E-state index in [0.29, 0.717) is 54.5 Å². The van der Waals surface area contributed by atoms with Crippen LogP contribution in [0.15, 0.2) is 0 Å². The van der Waals surface area contributed by atoms with Crippen LogP contribution in [0, 0.1) is 35.5 Å². The number of carbonyl (C=O) groups excluding carboxylic acids is 2. The third kappa shape index (κ3) is 5.03. The number of rotatable bonds is 4. The first kappa shape index (κ1) is 24.5. The minimum Gasteiger partial charge on any atom is -0.361 e. The van der Waals surface area contributed by atoms with Crippen LogP contribution < -0.4 is 16.0 Å². The molecule has 7 nitrogen and oxygen atoms in total. The van der Waals surface area contributed by atoms with Gasteiger partial charge in [0, 0.05) is 50.1 Å². The Morgan fingerprint density at radius 1 is 1.03 bits per heavy atom. The number of ether oxygens (including phenoxy) is 1. The molecule has 5 aliphatic rings. The van der Waals surface area contributed by atoms with Crippen molar-refractivity contribution in [3.63, 3.8) is 0 Å². The maximum absolute atomic E-state index is 13.5.